The largest absolute Gasteiger partial charge is 0.324 e. The van der Waals surface area contributed by atoms with Gasteiger partial charge in [0.1, 0.15) is 0 Å². The van der Waals surface area contributed by atoms with Gasteiger partial charge in [0.25, 0.3) is 0 Å². The molecule has 1 aromatic carbocycles. The van der Waals surface area contributed by atoms with Crippen molar-refractivity contribution in [2.45, 2.75) is 18.7 Å². The molecule has 0 spiro atoms. The average Bonchev–Trinajstić information content (AvgIpc) is 2.16. The summed E-state index contributed by atoms with van der Waals surface area (Å²) in [6.07, 6.45) is 1.06. The molecule has 1 aromatic rings. The number of rotatable bonds is 3. The number of nitrogen functional groups attached to an aromatic ring is 1. The van der Waals surface area contributed by atoms with Crippen molar-refractivity contribution in [3.8, 4) is 0 Å². The summed E-state index contributed by atoms with van der Waals surface area (Å²) >= 11 is 3.44. The highest BCUT2D eigenvalue weighted by Gasteiger charge is 1.99. The van der Waals surface area contributed by atoms with E-state index in [9.17, 15) is 0 Å². The molecular formula is C9H13BrN2. The SMILES string of the molecule is CCc1ccc(NN)cc1CBr. The van der Waals surface area contributed by atoms with E-state index in [1.165, 1.54) is 11.1 Å². The van der Waals surface area contributed by atoms with Crippen molar-refractivity contribution in [3.63, 3.8) is 0 Å². The summed E-state index contributed by atoms with van der Waals surface area (Å²) in [6, 6.07) is 6.16. The molecule has 0 heterocycles. The molecule has 66 valence electrons. The number of hydrogen-bond donors (Lipinski definition) is 2. The van der Waals surface area contributed by atoms with Crippen molar-refractivity contribution in [2.24, 2.45) is 5.84 Å². The molecule has 0 bridgehead atoms. The number of aryl methyl sites for hydroxylation is 1. The molecule has 1 rings (SSSR count). The molecule has 0 unspecified atom stereocenters. The molecule has 0 aliphatic carbocycles. The lowest BCUT2D eigenvalue weighted by molar-refractivity contribution is 1.10. The summed E-state index contributed by atoms with van der Waals surface area (Å²) in [5, 5.41) is 0.881. The van der Waals surface area contributed by atoms with Gasteiger partial charge in [-0.1, -0.05) is 28.9 Å². The van der Waals surface area contributed by atoms with E-state index in [4.69, 9.17) is 5.84 Å². The van der Waals surface area contributed by atoms with Gasteiger partial charge in [-0.25, -0.2) is 0 Å². The van der Waals surface area contributed by atoms with Gasteiger partial charge in [-0.15, -0.1) is 0 Å². The van der Waals surface area contributed by atoms with Crippen molar-refractivity contribution < 1.29 is 0 Å². The minimum Gasteiger partial charge on any atom is -0.324 e. The van der Waals surface area contributed by atoms with Gasteiger partial charge < -0.3 is 5.43 Å². The number of hydrazine groups is 1. The summed E-state index contributed by atoms with van der Waals surface area (Å²) in [5.74, 6) is 5.30. The van der Waals surface area contributed by atoms with Crippen LogP contribution in [0.3, 0.4) is 0 Å². The molecule has 0 aliphatic rings. The maximum atomic E-state index is 5.30. The Morgan fingerprint density at radius 3 is 2.67 bits per heavy atom. The lowest BCUT2D eigenvalue weighted by Gasteiger charge is -2.07. The third-order valence-corrected chi connectivity index (χ3v) is 2.50. The molecule has 0 fully saturated rings. The lowest BCUT2D eigenvalue weighted by atomic mass is 10.1. The first-order valence-electron chi connectivity index (χ1n) is 3.96. The van der Waals surface area contributed by atoms with Crippen molar-refractivity contribution >= 4 is 21.6 Å². The summed E-state index contributed by atoms with van der Waals surface area (Å²) in [6.45, 7) is 2.15. The van der Waals surface area contributed by atoms with E-state index in [-0.39, 0.29) is 0 Å². The minimum absolute atomic E-state index is 0.881. The molecule has 0 radical (unpaired) electrons. The Morgan fingerprint density at radius 2 is 2.17 bits per heavy atom. The van der Waals surface area contributed by atoms with Crippen LogP contribution < -0.4 is 11.3 Å². The Kier molecular flexibility index (Phi) is 3.56. The predicted molar refractivity (Wildman–Crippen MR) is 56.3 cm³/mol. The number of nitrogens with two attached hydrogens (primary N) is 1. The predicted octanol–water partition coefficient (Wildman–Crippen LogP) is 2.43. The zero-order valence-electron chi connectivity index (χ0n) is 7.10. The molecule has 0 saturated carbocycles. The zero-order valence-corrected chi connectivity index (χ0v) is 8.69. The van der Waals surface area contributed by atoms with Gasteiger partial charge >= 0.3 is 0 Å². The lowest BCUT2D eigenvalue weighted by Crippen LogP contribution is -2.07. The second-order valence-electron chi connectivity index (χ2n) is 2.62. The zero-order chi connectivity index (χ0) is 8.97. The Morgan fingerprint density at radius 1 is 1.42 bits per heavy atom. The fraction of sp³-hybridized carbons (Fsp3) is 0.333. The highest BCUT2D eigenvalue weighted by molar-refractivity contribution is 9.08. The molecule has 3 N–H and O–H groups in total. The first kappa shape index (κ1) is 9.55. The second-order valence-corrected chi connectivity index (χ2v) is 3.18. The van der Waals surface area contributed by atoms with E-state index in [1.54, 1.807) is 0 Å². The third kappa shape index (κ3) is 1.99. The average molecular weight is 229 g/mol. The van der Waals surface area contributed by atoms with E-state index in [0.29, 0.717) is 0 Å². The number of hydrogen-bond acceptors (Lipinski definition) is 2. The van der Waals surface area contributed by atoms with Crippen LogP contribution in [0.5, 0.6) is 0 Å². The Bertz CT molecular complexity index is 261. The fourth-order valence-corrected chi connectivity index (χ4v) is 1.71. The Hall–Kier alpha value is -0.540. The van der Waals surface area contributed by atoms with Crippen molar-refractivity contribution in [3.05, 3.63) is 29.3 Å². The highest BCUT2D eigenvalue weighted by atomic mass is 79.9. The number of alkyl halides is 1. The smallest absolute Gasteiger partial charge is 0.0488 e. The monoisotopic (exact) mass is 228 g/mol. The van der Waals surface area contributed by atoms with Crippen molar-refractivity contribution in [1.82, 2.24) is 0 Å². The molecular weight excluding hydrogens is 216 g/mol. The molecule has 0 atom stereocenters. The standard InChI is InChI=1S/C9H13BrN2/c1-2-7-3-4-9(12-11)5-8(7)6-10/h3-5,12H,2,6,11H2,1H3. The molecule has 0 amide bonds. The van der Waals surface area contributed by atoms with Crippen molar-refractivity contribution in [1.29, 1.82) is 0 Å². The van der Waals surface area contributed by atoms with Gasteiger partial charge in [0.15, 0.2) is 0 Å². The molecule has 0 saturated heterocycles. The van der Waals surface area contributed by atoms with Crippen LogP contribution in [0.15, 0.2) is 18.2 Å². The van der Waals surface area contributed by atoms with Crippen LogP contribution in [-0.2, 0) is 11.8 Å². The van der Waals surface area contributed by atoms with Crippen LogP contribution >= 0.6 is 15.9 Å². The van der Waals surface area contributed by atoms with Crippen LogP contribution in [0.4, 0.5) is 5.69 Å². The summed E-state index contributed by atoms with van der Waals surface area (Å²) in [5.41, 5.74) is 6.26. The maximum absolute atomic E-state index is 5.30. The second kappa shape index (κ2) is 4.48. The minimum atomic E-state index is 0.881. The van der Waals surface area contributed by atoms with Crippen LogP contribution in [0.1, 0.15) is 18.1 Å². The topological polar surface area (TPSA) is 38.0 Å². The number of benzene rings is 1. The van der Waals surface area contributed by atoms with Gasteiger partial charge in [0.05, 0.1) is 0 Å². The van der Waals surface area contributed by atoms with Gasteiger partial charge in [-0.3, -0.25) is 5.84 Å². The number of anilines is 1. The molecule has 0 aliphatic heterocycles. The first-order chi connectivity index (χ1) is 5.81. The molecule has 0 aromatic heterocycles. The molecule has 2 nitrogen and oxygen atoms in total. The van der Waals surface area contributed by atoms with E-state index in [1.807, 2.05) is 6.07 Å². The Balaban J connectivity index is 3.02. The number of halogens is 1. The van der Waals surface area contributed by atoms with Gasteiger partial charge in [0, 0.05) is 11.0 Å². The summed E-state index contributed by atoms with van der Waals surface area (Å²) in [4.78, 5) is 0. The highest BCUT2D eigenvalue weighted by Crippen LogP contribution is 2.18. The quantitative estimate of drug-likeness (QED) is 0.474. The van der Waals surface area contributed by atoms with Gasteiger partial charge in [0.2, 0.25) is 0 Å². The van der Waals surface area contributed by atoms with Gasteiger partial charge in [-0.2, -0.15) is 0 Å². The van der Waals surface area contributed by atoms with Crippen LogP contribution in [0.2, 0.25) is 0 Å². The molecule has 12 heavy (non-hydrogen) atoms. The summed E-state index contributed by atoms with van der Waals surface area (Å²) < 4.78 is 0. The van der Waals surface area contributed by atoms with Crippen LogP contribution in [0.25, 0.3) is 0 Å². The van der Waals surface area contributed by atoms with E-state index in [2.05, 4.69) is 40.4 Å². The van der Waals surface area contributed by atoms with E-state index >= 15 is 0 Å². The van der Waals surface area contributed by atoms with Crippen molar-refractivity contribution in [2.75, 3.05) is 5.43 Å². The fourth-order valence-electron chi connectivity index (χ4n) is 1.19. The Labute approximate surface area is 81.3 Å². The number of nitrogens with one attached hydrogen (secondary N) is 1. The van der Waals surface area contributed by atoms with E-state index < -0.39 is 0 Å². The third-order valence-electron chi connectivity index (χ3n) is 1.90. The van der Waals surface area contributed by atoms with E-state index in [0.717, 1.165) is 17.4 Å². The van der Waals surface area contributed by atoms with Gasteiger partial charge in [-0.05, 0) is 29.7 Å². The maximum Gasteiger partial charge on any atom is 0.0488 e. The summed E-state index contributed by atoms with van der Waals surface area (Å²) in [7, 11) is 0. The van der Waals surface area contributed by atoms with Crippen LogP contribution in [0, 0.1) is 0 Å². The normalized spacial score (nSPS) is 9.92. The van der Waals surface area contributed by atoms with Crippen LogP contribution in [-0.4, -0.2) is 0 Å². The first-order valence-corrected chi connectivity index (χ1v) is 5.08. The molecule has 3 heteroatoms.